The smallest absolute Gasteiger partial charge is 0.00206 e. The van der Waals surface area contributed by atoms with E-state index in [1.807, 2.05) is 0 Å². The Morgan fingerprint density at radius 3 is 1.30 bits per heavy atom. The first kappa shape index (κ1) is 26.7. The van der Waals surface area contributed by atoms with Gasteiger partial charge < -0.3 is 0 Å². The molecule has 0 saturated heterocycles. The van der Waals surface area contributed by atoms with Crippen molar-refractivity contribution in [3.05, 3.63) is 145 Å². The highest BCUT2D eigenvalue weighted by atomic mass is 14.3. The molecule has 0 amide bonds. The number of fused-ring (bicyclic) bond motifs is 1. The number of rotatable bonds is 4. The molecule has 0 heterocycles. The summed E-state index contributed by atoms with van der Waals surface area (Å²) in [6, 6.07) is 50.5. The van der Waals surface area contributed by atoms with Crippen LogP contribution in [0.4, 0.5) is 0 Å². The Morgan fingerprint density at radius 2 is 0.809 bits per heavy atom. The molecule has 0 saturated carbocycles. The zero-order valence-corrected chi connectivity index (χ0v) is 27.0. The van der Waals surface area contributed by atoms with Gasteiger partial charge in [0.15, 0.2) is 0 Å². The van der Waals surface area contributed by atoms with Crippen molar-refractivity contribution >= 4 is 75.4 Å². The number of benzene rings is 10. The van der Waals surface area contributed by atoms with E-state index in [1.165, 1.54) is 109 Å². The first-order valence-electron chi connectivity index (χ1n) is 17.0. The molecule has 10 aromatic rings. The highest BCUT2D eigenvalue weighted by molar-refractivity contribution is 6.28. The SMILES string of the molecule is CCC(C)c1c(C)c(-c2ccc3ccc4cccc5ccc2c3c45)c2ccccc2c1-c1ccc2ccc3cccc4ccc1c2c34. The van der Waals surface area contributed by atoms with Crippen LogP contribution in [-0.2, 0) is 0 Å². The molecule has 0 heteroatoms. The van der Waals surface area contributed by atoms with Gasteiger partial charge in [-0.15, -0.1) is 0 Å². The normalized spacial score (nSPS) is 13.0. The van der Waals surface area contributed by atoms with Crippen molar-refractivity contribution in [1.82, 2.24) is 0 Å². The molecular formula is C47H34. The summed E-state index contributed by atoms with van der Waals surface area (Å²) in [5.74, 6) is 0.395. The van der Waals surface area contributed by atoms with Crippen LogP contribution in [0.25, 0.3) is 97.7 Å². The third kappa shape index (κ3) is 3.59. The van der Waals surface area contributed by atoms with Crippen LogP contribution < -0.4 is 0 Å². The minimum atomic E-state index is 0.395. The molecule has 0 fully saturated rings. The van der Waals surface area contributed by atoms with Crippen molar-refractivity contribution < 1.29 is 0 Å². The van der Waals surface area contributed by atoms with Gasteiger partial charge in [0.25, 0.3) is 0 Å². The molecule has 222 valence electrons. The molecule has 0 nitrogen and oxygen atoms in total. The molecule has 10 rings (SSSR count). The van der Waals surface area contributed by atoms with Gasteiger partial charge in [-0.05, 0) is 128 Å². The highest BCUT2D eigenvalue weighted by Crippen LogP contribution is 2.50. The lowest BCUT2D eigenvalue weighted by Gasteiger charge is -2.26. The van der Waals surface area contributed by atoms with Gasteiger partial charge in [0.05, 0.1) is 0 Å². The molecule has 0 N–H and O–H groups in total. The third-order valence-electron chi connectivity index (χ3n) is 11.2. The lowest BCUT2D eigenvalue weighted by molar-refractivity contribution is 0.731. The van der Waals surface area contributed by atoms with Gasteiger partial charge in [-0.1, -0.05) is 147 Å². The van der Waals surface area contributed by atoms with Crippen LogP contribution in [0.1, 0.15) is 37.3 Å². The molecule has 0 aliphatic rings. The second-order valence-electron chi connectivity index (χ2n) is 13.6. The van der Waals surface area contributed by atoms with E-state index in [9.17, 15) is 0 Å². The van der Waals surface area contributed by atoms with E-state index in [2.05, 4.69) is 154 Å². The van der Waals surface area contributed by atoms with Gasteiger partial charge in [-0.2, -0.15) is 0 Å². The Hall–Kier alpha value is -5.46. The maximum Gasteiger partial charge on any atom is -0.00206 e. The predicted molar refractivity (Wildman–Crippen MR) is 206 cm³/mol. The molecule has 0 aromatic heterocycles. The van der Waals surface area contributed by atoms with Gasteiger partial charge in [0.2, 0.25) is 0 Å². The van der Waals surface area contributed by atoms with E-state index in [-0.39, 0.29) is 0 Å². The summed E-state index contributed by atoms with van der Waals surface area (Å²) in [5.41, 5.74) is 8.31. The topological polar surface area (TPSA) is 0 Å². The predicted octanol–water partition coefficient (Wildman–Crippen LogP) is 13.8. The van der Waals surface area contributed by atoms with Crippen LogP contribution in [0.2, 0.25) is 0 Å². The van der Waals surface area contributed by atoms with E-state index in [0.717, 1.165) is 6.42 Å². The average Bonchev–Trinajstić information content (AvgIpc) is 3.12. The summed E-state index contributed by atoms with van der Waals surface area (Å²) >= 11 is 0. The average molecular weight is 599 g/mol. The first-order valence-corrected chi connectivity index (χ1v) is 17.0. The third-order valence-corrected chi connectivity index (χ3v) is 11.2. The van der Waals surface area contributed by atoms with Crippen LogP contribution in [0, 0.1) is 6.92 Å². The second kappa shape index (κ2) is 9.77. The molecule has 0 bridgehead atoms. The monoisotopic (exact) mass is 598 g/mol. The number of hydrogen-bond donors (Lipinski definition) is 0. The molecule has 47 heavy (non-hydrogen) atoms. The van der Waals surface area contributed by atoms with Crippen LogP contribution in [0.15, 0.2) is 133 Å². The summed E-state index contributed by atoms with van der Waals surface area (Å²) in [5, 5.41) is 18.7. The Morgan fingerprint density at radius 1 is 0.404 bits per heavy atom. The molecule has 1 unspecified atom stereocenters. The molecule has 0 aliphatic carbocycles. The summed E-state index contributed by atoms with van der Waals surface area (Å²) in [6.45, 7) is 7.15. The van der Waals surface area contributed by atoms with Gasteiger partial charge in [-0.3, -0.25) is 0 Å². The summed E-state index contributed by atoms with van der Waals surface area (Å²) in [6.07, 6.45) is 1.08. The van der Waals surface area contributed by atoms with Gasteiger partial charge >= 0.3 is 0 Å². The van der Waals surface area contributed by atoms with Gasteiger partial charge in [0.1, 0.15) is 0 Å². The standard InChI is InChI=1S/C47H34/c1-4-27(2)41-28(3)42(37-23-21-33-17-15-29-9-7-11-31-19-24-38(37)45(33)43(29)31)35-13-5-6-14-36(35)47(41)40-26-22-34-18-16-30-10-8-12-32-20-25-39(40)46(34)44(30)32/h5-27H,4H2,1-3H3. The second-order valence-corrected chi connectivity index (χ2v) is 13.6. The quantitative estimate of drug-likeness (QED) is 0.177. The van der Waals surface area contributed by atoms with Crippen molar-refractivity contribution in [3.8, 4) is 22.3 Å². The van der Waals surface area contributed by atoms with E-state index >= 15 is 0 Å². The summed E-state index contributed by atoms with van der Waals surface area (Å²) < 4.78 is 0. The van der Waals surface area contributed by atoms with Crippen molar-refractivity contribution in [2.24, 2.45) is 0 Å². The zero-order chi connectivity index (χ0) is 31.4. The van der Waals surface area contributed by atoms with E-state index < -0.39 is 0 Å². The molecule has 0 spiro atoms. The van der Waals surface area contributed by atoms with Crippen molar-refractivity contribution in [2.45, 2.75) is 33.1 Å². The van der Waals surface area contributed by atoms with Crippen LogP contribution in [-0.4, -0.2) is 0 Å². The minimum Gasteiger partial charge on any atom is -0.0648 e. The Balaban J connectivity index is 1.36. The van der Waals surface area contributed by atoms with E-state index in [1.54, 1.807) is 0 Å². The van der Waals surface area contributed by atoms with Gasteiger partial charge in [-0.25, -0.2) is 0 Å². The molecule has 0 aliphatic heterocycles. The Kier molecular flexibility index (Phi) is 5.56. The molecule has 1 atom stereocenters. The fourth-order valence-corrected chi connectivity index (χ4v) is 8.95. The lowest BCUT2D eigenvalue weighted by atomic mass is 9.77. The largest absolute Gasteiger partial charge is 0.0648 e. The van der Waals surface area contributed by atoms with Crippen LogP contribution >= 0.6 is 0 Å². The van der Waals surface area contributed by atoms with E-state index in [0.29, 0.717) is 5.92 Å². The maximum absolute atomic E-state index is 2.42. The molecular weight excluding hydrogens is 565 g/mol. The Bertz CT molecular complexity index is 2820. The number of hydrogen-bond acceptors (Lipinski definition) is 0. The lowest BCUT2D eigenvalue weighted by Crippen LogP contribution is -2.04. The van der Waals surface area contributed by atoms with Crippen LogP contribution in [0.3, 0.4) is 0 Å². The van der Waals surface area contributed by atoms with Crippen molar-refractivity contribution in [3.63, 3.8) is 0 Å². The summed E-state index contributed by atoms with van der Waals surface area (Å²) in [7, 11) is 0. The zero-order valence-electron chi connectivity index (χ0n) is 27.0. The maximum atomic E-state index is 2.42. The van der Waals surface area contributed by atoms with Crippen molar-refractivity contribution in [1.29, 1.82) is 0 Å². The fraction of sp³-hybridized carbons (Fsp3) is 0.106. The van der Waals surface area contributed by atoms with Crippen molar-refractivity contribution in [2.75, 3.05) is 0 Å². The fourth-order valence-electron chi connectivity index (χ4n) is 8.95. The highest BCUT2D eigenvalue weighted by Gasteiger charge is 2.25. The minimum absolute atomic E-state index is 0.395. The first-order chi connectivity index (χ1) is 23.1. The Labute approximate surface area is 274 Å². The van der Waals surface area contributed by atoms with Crippen LogP contribution in [0.5, 0.6) is 0 Å². The summed E-state index contributed by atoms with van der Waals surface area (Å²) in [4.78, 5) is 0. The molecule has 10 aromatic carbocycles. The molecule has 0 radical (unpaired) electrons. The van der Waals surface area contributed by atoms with E-state index in [4.69, 9.17) is 0 Å². The van der Waals surface area contributed by atoms with Gasteiger partial charge in [0, 0.05) is 0 Å².